The van der Waals surface area contributed by atoms with Crippen molar-refractivity contribution in [3.05, 3.63) is 29.8 Å². The third kappa shape index (κ3) is 3.96. The number of sulfonamides is 1. The Hall–Kier alpha value is -1.12. The van der Waals surface area contributed by atoms with Crippen molar-refractivity contribution in [2.75, 3.05) is 6.54 Å². The largest absolute Gasteiger partial charge is 0.417 e. The Bertz CT molecular complexity index is 602. The monoisotopic (exact) mass is 322 g/mol. The minimum atomic E-state index is -4.70. The maximum atomic E-state index is 12.9. The summed E-state index contributed by atoms with van der Waals surface area (Å²) in [6, 6.07) is 4.00. The van der Waals surface area contributed by atoms with Crippen LogP contribution in [-0.4, -0.2) is 27.0 Å². The summed E-state index contributed by atoms with van der Waals surface area (Å²) in [6.45, 7) is 2.54. The van der Waals surface area contributed by atoms with E-state index in [2.05, 4.69) is 10.0 Å². The standard InChI is InChI=1S/C13H17F3N2O2S/c1-9-8-10(6-7-17-9)18-21(19,20)12-5-3-2-4-11(12)13(14,15)16/h2-5,9-10,17-18H,6-8H2,1H3. The molecule has 2 N–H and O–H groups in total. The second kappa shape index (κ2) is 5.94. The topological polar surface area (TPSA) is 58.2 Å². The van der Waals surface area contributed by atoms with E-state index in [9.17, 15) is 21.6 Å². The van der Waals surface area contributed by atoms with Gasteiger partial charge in [0.2, 0.25) is 10.0 Å². The summed E-state index contributed by atoms with van der Waals surface area (Å²) in [4.78, 5) is -0.719. The molecule has 0 saturated carbocycles. The summed E-state index contributed by atoms with van der Waals surface area (Å²) in [7, 11) is -4.19. The molecule has 118 valence electrons. The average molecular weight is 322 g/mol. The SMILES string of the molecule is CC1CC(NS(=O)(=O)c2ccccc2C(F)(F)F)CCN1. The van der Waals surface area contributed by atoms with Gasteiger partial charge in [-0.2, -0.15) is 13.2 Å². The van der Waals surface area contributed by atoms with Crippen LogP contribution in [-0.2, 0) is 16.2 Å². The van der Waals surface area contributed by atoms with Crippen LogP contribution in [0.4, 0.5) is 13.2 Å². The summed E-state index contributed by atoms with van der Waals surface area (Å²) in [5, 5.41) is 3.16. The Morgan fingerprint density at radius 1 is 1.29 bits per heavy atom. The number of halogens is 3. The molecule has 0 aromatic heterocycles. The summed E-state index contributed by atoms with van der Waals surface area (Å²) < 4.78 is 65.6. The number of hydrogen-bond donors (Lipinski definition) is 2. The fraction of sp³-hybridized carbons (Fsp3) is 0.538. The van der Waals surface area contributed by atoms with Gasteiger partial charge in [0.25, 0.3) is 0 Å². The van der Waals surface area contributed by atoms with Gasteiger partial charge in [0.05, 0.1) is 10.5 Å². The number of benzene rings is 1. The minimum Gasteiger partial charge on any atom is -0.314 e. The van der Waals surface area contributed by atoms with Crippen LogP contribution in [0.15, 0.2) is 29.2 Å². The maximum Gasteiger partial charge on any atom is 0.417 e. The molecule has 1 saturated heterocycles. The molecule has 1 fully saturated rings. The van der Waals surface area contributed by atoms with Gasteiger partial charge in [-0.25, -0.2) is 13.1 Å². The van der Waals surface area contributed by atoms with Crippen molar-refractivity contribution in [2.24, 2.45) is 0 Å². The van der Waals surface area contributed by atoms with E-state index in [-0.39, 0.29) is 12.1 Å². The summed E-state index contributed by atoms with van der Waals surface area (Å²) >= 11 is 0. The van der Waals surface area contributed by atoms with Gasteiger partial charge in [0, 0.05) is 12.1 Å². The van der Waals surface area contributed by atoms with Crippen LogP contribution in [0, 0.1) is 0 Å². The van der Waals surface area contributed by atoms with E-state index in [1.807, 2.05) is 6.92 Å². The molecule has 1 aliphatic rings. The van der Waals surface area contributed by atoms with Crippen LogP contribution >= 0.6 is 0 Å². The Balaban J connectivity index is 2.28. The highest BCUT2D eigenvalue weighted by molar-refractivity contribution is 7.89. The normalized spacial score (nSPS) is 24.0. The fourth-order valence-corrected chi connectivity index (χ4v) is 3.97. The smallest absolute Gasteiger partial charge is 0.314 e. The number of rotatable bonds is 3. The van der Waals surface area contributed by atoms with Gasteiger partial charge in [-0.15, -0.1) is 0 Å². The molecule has 1 aromatic rings. The van der Waals surface area contributed by atoms with Crippen LogP contribution in [0.5, 0.6) is 0 Å². The van der Waals surface area contributed by atoms with E-state index in [0.717, 1.165) is 12.1 Å². The van der Waals surface area contributed by atoms with Gasteiger partial charge in [0.1, 0.15) is 0 Å². The third-order valence-corrected chi connectivity index (χ3v) is 5.01. The van der Waals surface area contributed by atoms with Crippen LogP contribution in [0.2, 0.25) is 0 Å². The van der Waals surface area contributed by atoms with Crippen molar-refractivity contribution in [2.45, 2.75) is 42.9 Å². The molecule has 0 amide bonds. The van der Waals surface area contributed by atoms with Gasteiger partial charge in [-0.3, -0.25) is 0 Å². The zero-order valence-corrected chi connectivity index (χ0v) is 12.3. The fourth-order valence-electron chi connectivity index (χ4n) is 2.46. The van der Waals surface area contributed by atoms with Crippen molar-refractivity contribution in [3.8, 4) is 0 Å². The third-order valence-electron chi connectivity index (χ3n) is 3.43. The summed E-state index contributed by atoms with van der Waals surface area (Å²) in [6.07, 6.45) is -3.60. The summed E-state index contributed by atoms with van der Waals surface area (Å²) in [5.41, 5.74) is -1.14. The molecule has 21 heavy (non-hydrogen) atoms. The van der Waals surface area contributed by atoms with E-state index in [4.69, 9.17) is 0 Å². The number of nitrogens with one attached hydrogen (secondary N) is 2. The zero-order valence-electron chi connectivity index (χ0n) is 11.4. The molecule has 2 rings (SSSR count). The Labute approximate surface area is 121 Å². The maximum absolute atomic E-state index is 12.9. The van der Waals surface area contributed by atoms with E-state index in [1.165, 1.54) is 12.1 Å². The number of hydrogen-bond acceptors (Lipinski definition) is 3. The first-order valence-corrected chi connectivity index (χ1v) is 8.10. The quantitative estimate of drug-likeness (QED) is 0.896. The molecule has 2 atom stereocenters. The van der Waals surface area contributed by atoms with Crippen molar-refractivity contribution in [1.82, 2.24) is 10.0 Å². The van der Waals surface area contributed by atoms with Crippen molar-refractivity contribution in [1.29, 1.82) is 0 Å². The van der Waals surface area contributed by atoms with E-state index >= 15 is 0 Å². The summed E-state index contributed by atoms with van der Waals surface area (Å²) in [5.74, 6) is 0. The average Bonchev–Trinajstić information content (AvgIpc) is 2.37. The molecule has 2 unspecified atom stereocenters. The second-order valence-corrected chi connectivity index (χ2v) is 6.87. The predicted molar refractivity (Wildman–Crippen MR) is 72.3 cm³/mol. The molecular formula is C13H17F3N2O2S. The van der Waals surface area contributed by atoms with Crippen molar-refractivity contribution >= 4 is 10.0 Å². The highest BCUT2D eigenvalue weighted by Gasteiger charge is 2.37. The molecule has 1 aliphatic heterocycles. The highest BCUT2D eigenvalue weighted by atomic mass is 32.2. The van der Waals surface area contributed by atoms with Crippen molar-refractivity contribution in [3.63, 3.8) is 0 Å². The highest BCUT2D eigenvalue weighted by Crippen LogP contribution is 2.34. The molecule has 8 heteroatoms. The first-order valence-electron chi connectivity index (χ1n) is 6.62. The van der Waals surface area contributed by atoms with Crippen LogP contribution in [0.1, 0.15) is 25.3 Å². The van der Waals surface area contributed by atoms with E-state index < -0.39 is 26.7 Å². The van der Waals surface area contributed by atoms with Crippen LogP contribution < -0.4 is 10.0 Å². The lowest BCUT2D eigenvalue weighted by Crippen LogP contribution is -2.46. The van der Waals surface area contributed by atoms with Gasteiger partial charge in [-0.1, -0.05) is 12.1 Å². The lowest BCUT2D eigenvalue weighted by Gasteiger charge is -2.28. The molecule has 0 radical (unpaired) electrons. The molecular weight excluding hydrogens is 305 g/mol. The number of piperidine rings is 1. The molecule has 4 nitrogen and oxygen atoms in total. The van der Waals surface area contributed by atoms with E-state index in [0.29, 0.717) is 19.4 Å². The lowest BCUT2D eigenvalue weighted by molar-refractivity contribution is -0.139. The van der Waals surface area contributed by atoms with Gasteiger partial charge in [0.15, 0.2) is 0 Å². The number of alkyl halides is 3. The zero-order chi connectivity index (χ0) is 15.7. The first kappa shape index (κ1) is 16.3. The lowest BCUT2D eigenvalue weighted by atomic mass is 10.0. The van der Waals surface area contributed by atoms with Gasteiger partial charge >= 0.3 is 6.18 Å². The van der Waals surface area contributed by atoms with Crippen molar-refractivity contribution < 1.29 is 21.6 Å². The molecule has 0 bridgehead atoms. The first-order chi connectivity index (χ1) is 9.70. The Morgan fingerprint density at radius 3 is 2.57 bits per heavy atom. The molecule has 1 heterocycles. The Kier molecular flexibility index (Phi) is 4.60. The van der Waals surface area contributed by atoms with Crippen LogP contribution in [0.25, 0.3) is 0 Å². The molecule has 0 aliphatic carbocycles. The minimum absolute atomic E-state index is 0.129. The van der Waals surface area contributed by atoms with Crippen LogP contribution in [0.3, 0.4) is 0 Å². The second-order valence-electron chi connectivity index (χ2n) is 5.19. The van der Waals surface area contributed by atoms with E-state index in [1.54, 1.807) is 0 Å². The van der Waals surface area contributed by atoms with Gasteiger partial charge in [-0.05, 0) is 38.4 Å². The van der Waals surface area contributed by atoms with Gasteiger partial charge < -0.3 is 5.32 Å². The molecule has 1 aromatic carbocycles. The Morgan fingerprint density at radius 2 is 1.95 bits per heavy atom. The predicted octanol–water partition coefficient (Wildman–Crippen LogP) is 2.12. The molecule has 0 spiro atoms.